The predicted molar refractivity (Wildman–Crippen MR) is 112 cm³/mol. The van der Waals surface area contributed by atoms with Crippen LogP contribution in [0.4, 0.5) is 0 Å². The molecule has 14 heteroatoms. The van der Waals surface area contributed by atoms with Crippen molar-refractivity contribution in [3.05, 3.63) is 0 Å². The summed E-state index contributed by atoms with van der Waals surface area (Å²) in [6, 6.07) is -5.92. The number of nitrogens with one attached hydrogen (secondary N) is 3. The topological polar surface area (TPSA) is 245 Å². The van der Waals surface area contributed by atoms with Gasteiger partial charge in [0.1, 0.15) is 12.1 Å². The second-order valence-electron chi connectivity index (χ2n) is 7.63. The van der Waals surface area contributed by atoms with E-state index >= 15 is 0 Å². The molecule has 6 unspecified atom stereocenters. The first-order valence-electron chi connectivity index (χ1n) is 10.2. The summed E-state index contributed by atoms with van der Waals surface area (Å²) in [5.41, 5.74) is 5.65. The van der Waals surface area contributed by atoms with Gasteiger partial charge < -0.3 is 42.1 Å². The fraction of sp³-hybridized carbons (Fsp3) is 0.684. The Morgan fingerprint density at radius 1 is 0.818 bits per heavy atom. The number of carbonyl (C=O) groups excluding carboxylic acids is 3. The van der Waals surface area contributed by atoms with E-state index in [1.165, 1.54) is 0 Å². The molecule has 6 atom stereocenters. The fourth-order valence-corrected chi connectivity index (χ4v) is 2.66. The number of aliphatic hydroxyl groups excluding tert-OH is 1. The van der Waals surface area contributed by atoms with Gasteiger partial charge in [-0.15, -0.1) is 0 Å². The van der Waals surface area contributed by atoms with Gasteiger partial charge in [0, 0.05) is 6.42 Å². The molecule has 0 spiro atoms. The van der Waals surface area contributed by atoms with E-state index in [0.29, 0.717) is 6.42 Å². The van der Waals surface area contributed by atoms with E-state index in [-0.39, 0.29) is 12.8 Å². The number of aliphatic hydroxyl groups is 1. The summed E-state index contributed by atoms with van der Waals surface area (Å²) in [4.78, 5) is 70.6. The van der Waals surface area contributed by atoms with Gasteiger partial charge in [-0.05, 0) is 19.3 Å². The minimum atomic E-state index is -1.75. The van der Waals surface area contributed by atoms with Crippen molar-refractivity contribution < 1.29 is 49.2 Å². The Balaban J connectivity index is 5.54. The molecule has 0 rings (SSSR count). The molecule has 0 saturated heterocycles. The molecule has 0 aliphatic carbocycles. The van der Waals surface area contributed by atoms with Crippen LogP contribution in [0.15, 0.2) is 0 Å². The molecule has 14 nitrogen and oxygen atoms in total. The maximum Gasteiger partial charge on any atom is 0.328 e. The van der Waals surface area contributed by atoms with Crippen molar-refractivity contribution in [3.8, 4) is 0 Å². The average molecular weight is 476 g/mol. The molecule has 0 aliphatic rings. The van der Waals surface area contributed by atoms with Crippen molar-refractivity contribution in [3.63, 3.8) is 0 Å². The highest BCUT2D eigenvalue weighted by Gasteiger charge is 2.34. The summed E-state index contributed by atoms with van der Waals surface area (Å²) >= 11 is 0. The lowest BCUT2D eigenvalue weighted by Crippen LogP contribution is -2.59. The van der Waals surface area contributed by atoms with Gasteiger partial charge in [0.05, 0.1) is 18.6 Å². The van der Waals surface area contributed by atoms with Crippen LogP contribution < -0.4 is 21.7 Å². The zero-order valence-corrected chi connectivity index (χ0v) is 18.6. The number of carboxylic acids is 3. The Morgan fingerprint density at radius 3 is 1.79 bits per heavy atom. The molecule has 0 aliphatic heterocycles. The maximum absolute atomic E-state index is 12.8. The van der Waals surface area contributed by atoms with Crippen LogP contribution in [0.5, 0.6) is 0 Å². The van der Waals surface area contributed by atoms with Crippen LogP contribution in [0.1, 0.15) is 46.5 Å². The van der Waals surface area contributed by atoms with E-state index in [2.05, 4.69) is 10.6 Å². The van der Waals surface area contributed by atoms with E-state index in [0.717, 1.165) is 6.92 Å². The highest BCUT2D eigenvalue weighted by molar-refractivity contribution is 5.95. The van der Waals surface area contributed by atoms with Crippen molar-refractivity contribution >= 4 is 35.6 Å². The Morgan fingerprint density at radius 2 is 1.36 bits per heavy atom. The molecule has 0 bridgehead atoms. The van der Waals surface area contributed by atoms with Gasteiger partial charge >= 0.3 is 17.9 Å². The number of nitrogens with two attached hydrogens (primary N) is 1. The molecule has 0 fully saturated rings. The third-order valence-corrected chi connectivity index (χ3v) is 4.86. The van der Waals surface area contributed by atoms with Gasteiger partial charge in [-0.2, -0.15) is 0 Å². The first kappa shape index (κ1) is 29.7. The van der Waals surface area contributed by atoms with Crippen molar-refractivity contribution in [2.24, 2.45) is 11.7 Å². The normalized spacial score (nSPS) is 16.3. The second-order valence-corrected chi connectivity index (χ2v) is 7.63. The Labute approximate surface area is 189 Å². The molecular formula is C19H32N4O10. The lowest BCUT2D eigenvalue weighted by Gasteiger charge is -2.27. The SMILES string of the molecule is CCC(C)C(NC(=O)C(N)CCC(=O)O)C(=O)NC(CC(=O)O)C(=O)NC(C(=O)O)C(C)O. The highest BCUT2D eigenvalue weighted by atomic mass is 16.4. The summed E-state index contributed by atoms with van der Waals surface area (Å²) in [5, 5.41) is 42.9. The third kappa shape index (κ3) is 10.7. The van der Waals surface area contributed by atoms with Gasteiger partial charge in [-0.3, -0.25) is 24.0 Å². The van der Waals surface area contributed by atoms with Gasteiger partial charge in [0.15, 0.2) is 6.04 Å². The number of hydrogen-bond acceptors (Lipinski definition) is 8. The van der Waals surface area contributed by atoms with E-state index in [9.17, 15) is 33.9 Å². The van der Waals surface area contributed by atoms with E-state index in [1.54, 1.807) is 13.8 Å². The van der Waals surface area contributed by atoms with Crippen LogP contribution in [0.3, 0.4) is 0 Å². The third-order valence-electron chi connectivity index (χ3n) is 4.86. The van der Waals surface area contributed by atoms with Crippen LogP contribution in [0.25, 0.3) is 0 Å². The Kier molecular flexibility index (Phi) is 12.6. The van der Waals surface area contributed by atoms with Crippen LogP contribution in [-0.4, -0.2) is 86.3 Å². The van der Waals surface area contributed by atoms with E-state index in [1.807, 2.05) is 5.32 Å². The molecule has 0 aromatic heterocycles. The smallest absolute Gasteiger partial charge is 0.328 e. The monoisotopic (exact) mass is 476 g/mol. The second kappa shape index (κ2) is 14.0. The summed E-state index contributed by atoms with van der Waals surface area (Å²) in [6.45, 7) is 4.42. The predicted octanol–water partition coefficient (Wildman–Crippen LogP) is -2.38. The first-order chi connectivity index (χ1) is 15.2. The molecule has 188 valence electrons. The van der Waals surface area contributed by atoms with Crippen LogP contribution in [0, 0.1) is 5.92 Å². The summed E-state index contributed by atoms with van der Waals surface area (Å²) < 4.78 is 0. The fourth-order valence-electron chi connectivity index (χ4n) is 2.66. The van der Waals surface area contributed by atoms with E-state index < -0.39 is 78.2 Å². The standard InChI is InChI=1S/C19H32N4O10/c1-4-8(2)14(22-16(29)10(20)5-6-12(25)26)18(31)21-11(7-13(27)28)17(30)23-15(9(3)24)19(32)33/h8-11,14-15,24H,4-7,20H2,1-3H3,(H,21,31)(H,22,29)(H,23,30)(H,25,26)(H,27,28)(H,32,33). The number of aliphatic carboxylic acids is 3. The number of carbonyl (C=O) groups is 6. The maximum atomic E-state index is 12.8. The van der Waals surface area contributed by atoms with Crippen molar-refractivity contribution in [2.45, 2.75) is 76.7 Å². The molecule has 0 heterocycles. The summed E-state index contributed by atoms with van der Waals surface area (Å²) in [5.74, 6) is -7.58. The molecule has 33 heavy (non-hydrogen) atoms. The summed E-state index contributed by atoms with van der Waals surface area (Å²) in [7, 11) is 0. The Bertz CT molecular complexity index is 742. The first-order valence-corrected chi connectivity index (χ1v) is 10.2. The number of amides is 3. The largest absolute Gasteiger partial charge is 0.481 e. The number of carboxylic acid groups (broad SMARTS) is 3. The lowest BCUT2D eigenvalue weighted by atomic mass is 9.97. The van der Waals surface area contributed by atoms with Crippen LogP contribution >= 0.6 is 0 Å². The van der Waals surface area contributed by atoms with Crippen LogP contribution in [-0.2, 0) is 28.8 Å². The highest BCUT2D eigenvalue weighted by Crippen LogP contribution is 2.10. The van der Waals surface area contributed by atoms with Gasteiger partial charge in [0.2, 0.25) is 17.7 Å². The minimum Gasteiger partial charge on any atom is -0.481 e. The van der Waals surface area contributed by atoms with Crippen molar-refractivity contribution in [1.82, 2.24) is 16.0 Å². The number of rotatable bonds is 15. The Hall–Kier alpha value is -3.26. The van der Waals surface area contributed by atoms with Crippen molar-refractivity contribution in [1.29, 1.82) is 0 Å². The molecule has 0 aromatic carbocycles. The molecule has 0 aromatic rings. The van der Waals surface area contributed by atoms with Gasteiger partial charge in [0.25, 0.3) is 0 Å². The molecular weight excluding hydrogens is 444 g/mol. The number of hydrogen-bond donors (Lipinski definition) is 8. The minimum absolute atomic E-state index is 0.185. The molecule has 0 saturated carbocycles. The van der Waals surface area contributed by atoms with Gasteiger partial charge in [-0.1, -0.05) is 20.3 Å². The summed E-state index contributed by atoms with van der Waals surface area (Å²) in [6.07, 6.45) is -2.57. The van der Waals surface area contributed by atoms with Gasteiger partial charge in [-0.25, -0.2) is 4.79 Å². The quantitative estimate of drug-likeness (QED) is 0.124. The zero-order chi connectivity index (χ0) is 25.9. The van der Waals surface area contributed by atoms with Crippen molar-refractivity contribution in [2.75, 3.05) is 0 Å². The molecule has 0 radical (unpaired) electrons. The zero-order valence-electron chi connectivity index (χ0n) is 18.6. The average Bonchev–Trinajstić information content (AvgIpc) is 2.71. The lowest BCUT2D eigenvalue weighted by molar-refractivity contribution is -0.146. The van der Waals surface area contributed by atoms with Crippen LogP contribution in [0.2, 0.25) is 0 Å². The molecule has 9 N–H and O–H groups in total. The molecule has 3 amide bonds. The van der Waals surface area contributed by atoms with E-state index in [4.69, 9.17) is 21.1 Å².